The summed E-state index contributed by atoms with van der Waals surface area (Å²) in [5, 5.41) is 9.07. The molecule has 2 saturated heterocycles. The van der Waals surface area contributed by atoms with Crippen LogP contribution in [0.25, 0.3) is 16.7 Å². The van der Waals surface area contributed by atoms with Gasteiger partial charge in [-0.25, -0.2) is 9.67 Å². The Bertz CT molecular complexity index is 1030. The van der Waals surface area contributed by atoms with Crippen LogP contribution in [-0.4, -0.2) is 46.7 Å². The summed E-state index contributed by atoms with van der Waals surface area (Å²) in [4.78, 5) is 20.7. The summed E-state index contributed by atoms with van der Waals surface area (Å²) in [7, 11) is 0. The van der Waals surface area contributed by atoms with Crippen LogP contribution >= 0.6 is 0 Å². The van der Waals surface area contributed by atoms with Crippen LogP contribution in [0.15, 0.2) is 42.5 Å². The quantitative estimate of drug-likeness (QED) is 0.625. The van der Waals surface area contributed by atoms with Crippen molar-refractivity contribution < 1.29 is 4.79 Å². The molecule has 2 aromatic heterocycles. The lowest BCUT2D eigenvalue weighted by atomic mass is 9.93. The van der Waals surface area contributed by atoms with Crippen molar-refractivity contribution in [2.75, 3.05) is 31.1 Å². The third-order valence-electron chi connectivity index (χ3n) is 6.58. The number of hydrogen-bond donors (Lipinski definition) is 1. The molecule has 6 nitrogen and oxygen atoms in total. The number of nitrogens with zero attached hydrogens (tertiary/aromatic N) is 4. The molecule has 0 aliphatic carbocycles. The predicted molar refractivity (Wildman–Crippen MR) is 124 cm³/mol. The van der Waals surface area contributed by atoms with Crippen LogP contribution in [0.4, 0.5) is 5.82 Å². The Hall–Kier alpha value is -2.73. The van der Waals surface area contributed by atoms with Crippen molar-refractivity contribution in [3.63, 3.8) is 0 Å². The summed E-state index contributed by atoms with van der Waals surface area (Å²) < 4.78 is 1.85. The number of carbonyl (C=O) groups is 1. The second-order valence-electron chi connectivity index (χ2n) is 8.88. The van der Waals surface area contributed by atoms with E-state index >= 15 is 0 Å². The van der Waals surface area contributed by atoms with Gasteiger partial charge in [-0.05, 0) is 69.0 Å². The predicted octanol–water partition coefficient (Wildman–Crippen LogP) is 4.37. The minimum absolute atomic E-state index is 0.123. The largest absolute Gasteiger partial charge is 0.357 e. The first-order chi connectivity index (χ1) is 15.3. The number of ketones is 1. The van der Waals surface area contributed by atoms with E-state index in [0.717, 1.165) is 61.6 Å². The summed E-state index contributed by atoms with van der Waals surface area (Å²) in [6.07, 6.45) is 7.77. The second kappa shape index (κ2) is 9.18. The zero-order chi connectivity index (χ0) is 21.0. The Morgan fingerprint density at radius 3 is 2.55 bits per heavy atom. The fraction of sp³-hybridized carbons (Fsp3) is 0.480. The highest BCUT2D eigenvalue weighted by Gasteiger charge is 2.24. The van der Waals surface area contributed by atoms with Crippen LogP contribution in [0.1, 0.15) is 55.4 Å². The lowest BCUT2D eigenvalue weighted by Crippen LogP contribution is -2.31. The summed E-state index contributed by atoms with van der Waals surface area (Å²) >= 11 is 0. The molecule has 0 spiro atoms. The van der Waals surface area contributed by atoms with Crippen LogP contribution < -0.4 is 10.2 Å². The Balaban J connectivity index is 1.53. The van der Waals surface area contributed by atoms with E-state index in [1.807, 2.05) is 35.0 Å². The van der Waals surface area contributed by atoms with E-state index in [-0.39, 0.29) is 5.78 Å². The molecular formula is C25H31N5O. The molecule has 2 aliphatic heterocycles. The maximum Gasteiger partial charge on any atom is 0.184 e. The molecule has 4 heterocycles. The SMILES string of the molecule is O=C(CC1CCCNC1)c1nn(-c2ccccc2)c2nc(N3CCCCCC3)ccc12. The van der Waals surface area contributed by atoms with Crippen LogP contribution in [0.2, 0.25) is 0 Å². The van der Waals surface area contributed by atoms with Crippen LogP contribution in [-0.2, 0) is 0 Å². The van der Waals surface area contributed by atoms with Gasteiger partial charge in [0.2, 0.25) is 0 Å². The van der Waals surface area contributed by atoms with Gasteiger partial charge < -0.3 is 10.2 Å². The van der Waals surface area contributed by atoms with Crippen molar-refractivity contribution in [2.45, 2.75) is 44.9 Å². The number of pyridine rings is 1. The van der Waals surface area contributed by atoms with Crippen LogP contribution in [0.5, 0.6) is 0 Å². The number of hydrogen-bond acceptors (Lipinski definition) is 5. The number of fused-ring (bicyclic) bond motifs is 1. The number of para-hydroxylation sites is 1. The molecule has 0 bridgehead atoms. The van der Waals surface area contributed by atoms with Crippen molar-refractivity contribution in [1.29, 1.82) is 0 Å². The molecule has 0 radical (unpaired) electrons. The molecule has 31 heavy (non-hydrogen) atoms. The van der Waals surface area contributed by atoms with Crippen molar-refractivity contribution in [3.05, 3.63) is 48.2 Å². The number of Topliss-reactive ketones (excluding diaryl/α,β-unsaturated/α-hetero) is 1. The zero-order valence-corrected chi connectivity index (χ0v) is 18.1. The molecule has 0 amide bonds. The minimum atomic E-state index is 0.123. The van der Waals surface area contributed by atoms with E-state index in [4.69, 9.17) is 10.1 Å². The molecule has 1 N–H and O–H groups in total. The molecule has 6 heteroatoms. The average Bonchev–Trinajstić information content (AvgIpc) is 2.99. The van der Waals surface area contributed by atoms with Crippen molar-refractivity contribution in [2.24, 2.45) is 5.92 Å². The molecule has 2 aliphatic rings. The lowest BCUT2D eigenvalue weighted by molar-refractivity contribution is 0.0950. The van der Waals surface area contributed by atoms with Gasteiger partial charge >= 0.3 is 0 Å². The van der Waals surface area contributed by atoms with Crippen molar-refractivity contribution >= 4 is 22.6 Å². The molecule has 1 unspecified atom stereocenters. The van der Waals surface area contributed by atoms with Gasteiger partial charge in [0.1, 0.15) is 11.5 Å². The number of piperidine rings is 1. The van der Waals surface area contributed by atoms with E-state index in [0.29, 0.717) is 18.0 Å². The second-order valence-corrected chi connectivity index (χ2v) is 8.88. The highest BCUT2D eigenvalue weighted by Crippen LogP contribution is 2.27. The maximum atomic E-state index is 13.3. The normalized spacial score (nSPS) is 20.0. The van der Waals surface area contributed by atoms with Crippen LogP contribution in [0, 0.1) is 5.92 Å². The highest BCUT2D eigenvalue weighted by molar-refractivity contribution is 6.06. The van der Waals surface area contributed by atoms with Gasteiger partial charge in [0, 0.05) is 19.5 Å². The van der Waals surface area contributed by atoms with Gasteiger partial charge in [-0.3, -0.25) is 4.79 Å². The monoisotopic (exact) mass is 417 g/mol. The standard InChI is InChI=1S/C25H31N5O/c31-22(17-19-9-8-14-26-18-19)24-21-12-13-23(29-15-6-1-2-7-16-29)27-25(21)30(28-24)20-10-4-3-5-11-20/h3-5,10-13,19,26H,1-2,6-9,14-18H2. The Morgan fingerprint density at radius 2 is 1.81 bits per heavy atom. The van der Waals surface area contributed by atoms with E-state index < -0.39 is 0 Å². The lowest BCUT2D eigenvalue weighted by Gasteiger charge is -2.21. The van der Waals surface area contributed by atoms with E-state index in [1.54, 1.807) is 0 Å². The van der Waals surface area contributed by atoms with E-state index in [1.165, 1.54) is 25.7 Å². The summed E-state index contributed by atoms with van der Waals surface area (Å²) in [6.45, 7) is 4.05. The molecule has 1 atom stereocenters. The Kier molecular flexibility index (Phi) is 5.98. The van der Waals surface area contributed by atoms with E-state index in [2.05, 4.69) is 22.3 Å². The smallest absolute Gasteiger partial charge is 0.184 e. The topological polar surface area (TPSA) is 63.1 Å². The zero-order valence-electron chi connectivity index (χ0n) is 18.1. The Morgan fingerprint density at radius 1 is 1.00 bits per heavy atom. The van der Waals surface area contributed by atoms with Gasteiger partial charge in [-0.2, -0.15) is 5.10 Å². The highest BCUT2D eigenvalue weighted by atomic mass is 16.1. The van der Waals surface area contributed by atoms with Gasteiger partial charge in [0.25, 0.3) is 0 Å². The van der Waals surface area contributed by atoms with Gasteiger partial charge in [0.15, 0.2) is 11.4 Å². The first-order valence-electron chi connectivity index (χ1n) is 11.7. The third-order valence-corrected chi connectivity index (χ3v) is 6.58. The van der Waals surface area contributed by atoms with Gasteiger partial charge in [0.05, 0.1) is 11.1 Å². The fourth-order valence-electron chi connectivity index (χ4n) is 4.87. The summed E-state index contributed by atoms with van der Waals surface area (Å²) in [6, 6.07) is 14.2. The summed E-state index contributed by atoms with van der Waals surface area (Å²) in [5.74, 6) is 1.50. The first kappa shape index (κ1) is 20.2. The van der Waals surface area contributed by atoms with Crippen molar-refractivity contribution in [3.8, 4) is 5.69 Å². The van der Waals surface area contributed by atoms with Crippen LogP contribution in [0.3, 0.4) is 0 Å². The third kappa shape index (κ3) is 4.35. The molecule has 0 saturated carbocycles. The molecule has 1 aromatic carbocycles. The number of aromatic nitrogens is 3. The van der Waals surface area contributed by atoms with Gasteiger partial charge in [-0.1, -0.05) is 31.0 Å². The number of anilines is 1. The van der Waals surface area contributed by atoms with E-state index in [9.17, 15) is 4.79 Å². The fourth-order valence-corrected chi connectivity index (χ4v) is 4.87. The number of benzene rings is 1. The Labute approximate surface area is 183 Å². The van der Waals surface area contributed by atoms with Crippen molar-refractivity contribution in [1.82, 2.24) is 20.1 Å². The molecule has 2 fully saturated rings. The average molecular weight is 418 g/mol. The minimum Gasteiger partial charge on any atom is -0.357 e. The molecular weight excluding hydrogens is 386 g/mol. The molecule has 3 aromatic rings. The van der Waals surface area contributed by atoms with Gasteiger partial charge in [-0.15, -0.1) is 0 Å². The summed E-state index contributed by atoms with van der Waals surface area (Å²) in [5.41, 5.74) is 2.27. The molecule has 5 rings (SSSR count). The number of nitrogens with one attached hydrogen (secondary N) is 1. The molecule has 162 valence electrons. The number of rotatable bonds is 5. The number of carbonyl (C=O) groups excluding carboxylic acids is 1. The maximum absolute atomic E-state index is 13.3. The first-order valence-corrected chi connectivity index (χ1v) is 11.7.